The molecule has 1 aromatic rings. The van der Waals surface area contributed by atoms with E-state index in [4.69, 9.17) is 5.73 Å². The molecule has 0 bridgehead atoms. The minimum atomic E-state index is -4.08. The molecular formula is C11H11BrF3NO3. The Kier molecular flexibility index (Phi) is 4.81. The van der Waals surface area contributed by atoms with E-state index in [0.717, 1.165) is 6.07 Å². The van der Waals surface area contributed by atoms with E-state index in [2.05, 4.69) is 20.7 Å². The summed E-state index contributed by atoms with van der Waals surface area (Å²) in [5, 5.41) is 9.59. The van der Waals surface area contributed by atoms with Gasteiger partial charge in [0.05, 0.1) is 11.1 Å². The first-order valence-corrected chi connectivity index (χ1v) is 5.99. The summed E-state index contributed by atoms with van der Waals surface area (Å²) in [6.45, 7) is 1.11. The maximum atomic E-state index is 13.7. The monoisotopic (exact) mass is 341 g/mol. The van der Waals surface area contributed by atoms with Crippen LogP contribution < -0.4 is 5.73 Å². The van der Waals surface area contributed by atoms with E-state index in [0.29, 0.717) is 6.07 Å². The third-order valence-corrected chi connectivity index (χ3v) is 2.94. The highest BCUT2D eigenvalue weighted by Crippen LogP contribution is 2.38. The predicted octanol–water partition coefficient (Wildman–Crippen LogP) is 2.49. The number of rotatable bonds is 4. The second kappa shape index (κ2) is 5.79. The molecule has 0 heterocycles. The van der Waals surface area contributed by atoms with Gasteiger partial charge < -0.3 is 15.6 Å². The topological polar surface area (TPSA) is 72.5 Å². The molecule has 1 rings (SSSR count). The maximum Gasteiger partial charge on any atom is 0.379 e. The number of halogens is 4. The van der Waals surface area contributed by atoms with E-state index < -0.39 is 35.1 Å². The average Bonchev–Trinajstić information content (AvgIpc) is 2.33. The van der Waals surface area contributed by atoms with E-state index >= 15 is 0 Å². The first-order chi connectivity index (χ1) is 8.71. The summed E-state index contributed by atoms with van der Waals surface area (Å²) in [4.78, 5) is 11.1. The van der Waals surface area contributed by atoms with Crippen LogP contribution in [0.2, 0.25) is 0 Å². The number of esters is 1. The molecule has 0 amide bonds. The number of carbonyl (C=O) groups is 1. The van der Waals surface area contributed by atoms with Crippen LogP contribution in [0.3, 0.4) is 0 Å². The first-order valence-electron chi connectivity index (χ1n) is 5.20. The van der Waals surface area contributed by atoms with E-state index in [1.54, 1.807) is 0 Å². The highest BCUT2D eigenvalue weighted by Gasteiger charge is 2.48. The molecule has 0 fully saturated rings. The van der Waals surface area contributed by atoms with E-state index in [1.165, 1.54) is 6.92 Å². The minimum Gasteiger partial charge on any atom is -0.506 e. The van der Waals surface area contributed by atoms with E-state index in [9.17, 15) is 23.1 Å². The number of phenols is 1. The Morgan fingerprint density at radius 2 is 2.16 bits per heavy atom. The fourth-order valence-electron chi connectivity index (χ4n) is 1.37. The summed E-state index contributed by atoms with van der Waals surface area (Å²) < 4.78 is 44.6. The van der Waals surface area contributed by atoms with Gasteiger partial charge >= 0.3 is 11.9 Å². The number of alkyl halides is 2. The fourth-order valence-corrected chi connectivity index (χ4v) is 1.82. The number of benzene rings is 1. The summed E-state index contributed by atoms with van der Waals surface area (Å²) in [5.74, 6) is -7.45. The third kappa shape index (κ3) is 3.19. The molecule has 0 unspecified atom stereocenters. The minimum absolute atomic E-state index is 0.141. The van der Waals surface area contributed by atoms with Gasteiger partial charge in [-0.3, -0.25) is 0 Å². The molecule has 8 heteroatoms. The molecule has 19 heavy (non-hydrogen) atoms. The van der Waals surface area contributed by atoms with Crippen LogP contribution in [0.25, 0.3) is 0 Å². The Bertz CT molecular complexity index is 496. The number of hydrogen-bond donors (Lipinski definition) is 2. The summed E-state index contributed by atoms with van der Waals surface area (Å²) in [5.41, 5.74) is 4.65. The molecule has 0 aliphatic carbocycles. The first kappa shape index (κ1) is 15.8. The Hall–Kier alpha value is -1.28. The van der Waals surface area contributed by atoms with Gasteiger partial charge in [0.25, 0.3) is 0 Å². The molecule has 0 saturated heterocycles. The molecule has 0 saturated carbocycles. The van der Waals surface area contributed by atoms with Crippen LogP contribution in [0.5, 0.6) is 5.75 Å². The molecular weight excluding hydrogens is 331 g/mol. The zero-order valence-electron chi connectivity index (χ0n) is 9.79. The Morgan fingerprint density at radius 1 is 1.58 bits per heavy atom. The molecule has 0 spiro atoms. The number of aromatic hydroxyl groups is 1. The SMILES string of the molecule is CCOC(=O)C(F)(F)[C@H](N)c1cc(F)cc(Br)c1O. The lowest BCUT2D eigenvalue weighted by Crippen LogP contribution is -2.41. The van der Waals surface area contributed by atoms with Gasteiger partial charge in [0.2, 0.25) is 0 Å². The van der Waals surface area contributed by atoms with Crippen molar-refractivity contribution in [3.63, 3.8) is 0 Å². The van der Waals surface area contributed by atoms with Crippen molar-refractivity contribution in [2.75, 3.05) is 6.61 Å². The van der Waals surface area contributed by atoms with Gasteiger partial charge in [-0.25, -0.2) is 9.18 Å². The quantitative estimate of drug-likeness (QED) is 0.825. The summed E-state index contributed by atoms with van der Waals surface area (Å²) in [7, 11) is 0. The average molecular weight is 342 g/mol. The van der Waals surface area contributed by atoms with Gasteiger partial charge in [-0.15, -0.1) is 0 Å². The molecule has 0 radical (unpaired) electrons. The number of ether oxygens (including phenoxy) is 1. The van der Waals surface area contributed by atoms with Crippen molar-refractivity contribution < 1.29 is 27.8 Å². The van der Waals surface area contributed by atoms with Crippen LogP contribution >= 0.6 is 15.9 Å². The molecule has 106 valence electrons. The largest absolute Gasteiger partial charge is 0.506 e. The standard InChI is InChI=1S/C11H11BrF3NO3/c1-2-19-10(18)11(14,15)9(16)6-3-5(13)4-7(12)8(6)17/h3-4,9,17H,2,16H2,1H3/t9-/m1/s1. The highest BCUT2D eigenvalue weighted by atomic mass is 79.9. The lowest BCUT2D eigenvalue weighted by molar-refractivity contribution is -0.174. The van der Waals surface area contributed by atoms with Crippen LogP contribution in [-0.2, 0) is 9.53 Å². The van der Waals surface area contributed by atoms with E-state index in [-0.39, 0.29) is 11.1 Å². The number of phenolic OH excluding ortho intramolecular Hbond substituents is 1. The summed E-state index contributed by atoms with van der Waals surface area (Å²) >= 11 is 2.79. The van der Waals surface area contributed by atoms with Crippen molar-refractivity contribution in [2.45, 2.75) is 18.9 Å². The second-order valence-corrected chi connectivity index (χ2v) is 4.50. The van der Waals surface area contributed by atoms with Crippen molar-refractivity contribution in [3.8, 4) is 5.75 Å². The van der Waals surface area contributed by atoms with Gasteiger partial charge in [0.15, 0.2) is 0 Å². The van der Waals surface area contributed by atoms with Crippen molar-refractivity contribution in [1.82, 2.24) is 0 Å². The van der Waals surface area contributed by atoms with Gasteiger partial charge in [-0.2, -0.15) is 8.78 Å². The third-order valence-electron chi connectivity index (χ3n) is 2.33. The number of nitrogens with two attached hydrogens (primary N) is 1. The molecule has 0 aliphatic heterocycles. The smallest absolute Gasteiger partial charge is 0.379 e. The van der Waals surface area contributed by atoms with Crippen molar-refractivity contribution >= 4 is 21.9 Å². The zero-order chi connectivity index (χ0) is 14.8. The van der Waals surface area contributed by atoms with Gasteiger partial charge in [-0.05, 0) is 35.0 Å². The van der Waals surface area contributed by atoms with Crippen LogP contribution in [0, 0.1) is 5.82 Å². The lowest BCUT2D eigenvalue weighted by atomic mass is 10.0. The molecule has 0 aromatic heterocycles. The Balaban J connectivity index is 3.19. The summed E-state index contributed by atoms with van der Waals surface area (Å²) in [6, 6.07) is -0.704. The number of carbonyl (C=O) groups excluding carboxylic acids is 1. The molecule has 1 aromatic carbocycles. The zero-order valence-corrected chi connectivity index (χ0v) is 11.4. The second-order valence-electron chi connectivity index (χ2n) is 3.65. The van der Waals surface area contributed by atoms with Crippen LogP contribution in [0.4, 0.5) is 13.2 Å². The highest BCUT2D eigenvalue weighted by molar-refractivity contribution is 9.10. The van der Waals surface area contributed by atoms with Gasteiger partial charge in [0.1, 0.15) is 17.6 Å². The van der Waals surface area contributed by atoms with E-state index in [1.807, 2.05) is 0 Å². The normalized spacial score (nSPS) is 13.2. The van der Waals surface area contributed by atoms with Crippen molar-refractivity contribution in [1.29, 1.82) is 0 Å². The molecule has 0 aliphatic rings. The Labute approximate surface area is 115 Å². The molecule has 3 N–H and O–H groups in total. The number of hydrogen-bond acceptors (Lipinski definition) is 4. The summed E-state index contributed by atoms with van der Waals surface area (Å²) in [6.07, 6.45) is 0. The van der Waals surface area contributed by atoms with Gasteiger partial charge in [-0.1, -0.05) is 0 Å². The lowest BCUT2D eigenvalue weighted by Gasteiger charge is -2.22. The predicted molar refractivity (Wildman–Crippen MR) is 64.3 cm³/mol. The Morgan fingerprint density at radius 3 is 2.68 bits per heavy atom. The van der Waals surface area contributed by atoms with Crippen LogP contribution in [0.15, 0.2) is 16.6 Å². The maximum absolute atomic E-state index is 13.7. The van der Waals surface area contributed by atoms with Crippen molar-refractivity contribution in [2.24, 2.45) is 5.73 Å². The van der Waals surface area contributed by atoms with Crippen LogP contribution in [0.1, 0.15) is 18.5 Å². The fraction of sp³-hybridized carbons (Fsp3) is 0.364. The molecule has 4 nitrogen and oxygen atoms in total. The van der Waals surface area contributed by atoms with Crippen molar-refractivity contribution in [3.05, 3.63) is 28.0 Å². The van der Waals surface area contributed by atoms with Crippen LogP contribution in [-0.4, -0.2) is 23.6 Å². The molecule has 1 atom stereocenters. The van der Waals surface area contributed by atoms with Gasteiger partial charge in [0, 0.05) is 5.56 Å².